The highest BCUT2D eigenvalue weighted by Crippen LogP contribution is 2.32. The summed E-state index contributed by atoms with van der Waals surface area (Å²) < 4.78 is 18.1. The number of nitrogens with zero attached hydrogens (tertiary/aromatic N) is 1. The zero-order valence-electron chi connectivity index (χ0n) is 7.71. The first-order chi connectivity index (χ1) is 7.61. The number of aromatic nitrogens is 1. The van der Waals surface area contributed by atoms with Crippen LogP contribution in [0.4, 0.5) is 4.39 Å². The molecule has 0 N–H and O–H groups in total. The van der Waals surface area contributed by atoms with Crippen molar-refractivity contribution in [2.24, 2.45) is 0 Å². The fraction of sp³-hybridized carbons (Fsp3) is 0. The molecule has 3 nitrogen and oxygen atoms in total. The van der Waals surface area contributed by atoms with Gasteiger partial charge >= 0.3 is 0 Å². The van der Waals surface area contributed by atoms with Gasteiger partial charge in [0.1, 0.15) is 11.5 Å². The predicted molar refractivity (Wildman–Crippen MR) is 57.3 cm³/mol. The van der Waals surface area contributed by atoms with Crippen LogP contribution in [0.3, 0.4) is 0 Å². The molecule has 1 heterocycles. The summed E-state index contributed by atoms with van der Waals surface area (Å²) in [5.74, 6) is -0.409. The molecule has 1 aromatic carbocycles. The number of benzene rings is 1. The Balaban J connectivity index is 2.55. The smallest absolute Gasteiger partial charge is 0.171 e. The Bertz CT molecular complexity index is 554. The van der Waals surface area contributed by atoms with Crippen molar-refractivity contribution in [1.82, 2.24) is 5.16 Å². The average molecular weight is 260 g/mol. The third-order valence-corrected chi connectivity index (χ3v) is 2.53. The predicted octanol–water partition coefficient (Wildman–Crippen LogP) is 3.60. The summed E-state index contributed by atoms with van der Waals surface area (Å²) in [4.78, 5) is 10.4. The van der Waals surface area contributed by atoms with E-state index in [4.69, 9.17) is 27.7 Å². The van der Waals surface area contributed by atoms with Crippen molar-refractivity contribution in [3.8, 4) is 11.3 Å². The van der Waals surface area contributed by atoms with Crippen molar-refractivity contribution in [2.75, 3.05) is 0 Å². The highest BCUT2D eigenvalue weighted by molar-refractivity contribution is 6.36. The highest BCUT2D eigenvalue weighted by Gasteiger charge is 2.13. The molecule has 0 bridgehead atoms. The molecule has 6 heteroatoms. The van der Waals surface area contributed by atoms with E-state index in [2.05, 4.69) is 5.16 Å². The van der Waals surface area contributed by atoms with Gasteiger partial charge in [-0.15, -0.1) is 0 Å². The normalized spacial score (nSPS) is 10.4. The maximum Gasteiger partial charge on any atom is 0.171 e. The lowest BCUT2D eigenvalue weighted by molar-refractivity contribution is 0.111. The summed E-state index contributed by atoms with van der Waals surface area (Å²) in [7, 11) is 0. The van der Waals surface area contributed by atoms with Crippen molar-refractivity contribution >= 4 is 29.5 Å². The van der Waals surface area contributed by atoms with Crippen molar-refractivity contribution in [2.45, 2.75) is 0 Å². The lowest BCUT2D eigenvalue weighted by Crippen LogP contribution is -1.82. The number of hydrogen-bond donors (Lipinski definition) is 0. The van der Waals surface area contributed by atoms with Gasteiger partial charge in [-0.1, -0.05) is 28.4 Å². The topological polar surface area (TPSA) is 43.1 Å². The molecule has 82 valence electrons. The number of halogens is 3. The molecule has 0 atom stereocenters. The van der Waals surface area contributed by atoms with E-state index < -0.39 is 5.82 Å². The lowest BCUT2D eigenvalue weighted by Gasteiger charge is -2.01. The standard InChI is InChI=1S/C10H4Cl2FNO2/c11-7-3-8(12)9(13)2-6(7)10-1-5(4-15)14-16-10/h1-4H. The molecule has 1 aromatic heterocycles. The van der Waals surface area contributed by atoms with Gasteiger partial charge in [-0.3, -0.25) is 4.79 Å². The number of rotatable bonds is 2. The van der Waals surface area contributed by atoms with Crippen LogP contribution < -0.4 is 0 Å². The highest BCUT2D eigenvalue weighted by atomic mass is 35.5. The molecule has 0 aliphatic carbocycles. The van der Waals surface area contributed by atoms with Crippen LogP contribution in [0.1, 0.15) is 10.5 Å². The Morgan fingerprint density at radius 2 is 2.00 bits per heavy atom. The molecule has 2 rings (SSSR count). The van der Waals surface area contributed by atoms with E-state index in [9.17, 15) is 9.18 Å². The summed E-state index contributed by atoms with van der Waals surface area (Å²) in [6.07, 6.45) is 0.521. The number of hydrogen-bond acceptors (Lipinski definition) is 3. The maximum absolute atomic E-state index is 13.2. The molecule has 16 heavy (non-hydrogen) atoms. The Morgan fingerprint density at radius 3 is 2.62 bits per heavy atom. The lowest BCUT2D eigenvalue weighted by atomic mass is 10.1. The van der Waals surface area contributed by atoms with Gasteiger partial charge in [0, 0.05) is 11.6 Å². The van der Waals surface area contributed by atoms with Crippen LogP contribution in [0.2, 0.25) is 10.0 Å². The van der Waals surface area contributed by atoms with Crippen LogP contribution in [0.5, 0.6) is 0 Å². The molecule has 0 aliphatic heterocycles. The largest absolute Gasteiger partial charge is 0.356 e. The fourth-order valence-electron chi connectivity index (χ4n) is 1.18. The minimum absolute atomic E-state index is 0.0797. The first-order valence-corrected chi connectivity index (χ1v) is 4.94. The average Bonchev–Trinajstić information content (AvgIpc) is 2.71. The summed E-state index contributed by atoms with van der Waals surface area (Å²) >= 11 is 11.4. The van der Waals surface area contributed by atoms with Crippen LogP contribution in [0.25, 0.3) is 11.3 Å². The van der Waals surface area contributed by atoms with Crippen LogP contribution >= 0.6 is 23.2 Å². The second kappa shape index (κ2) is 4.23. The van der Waals surface area contributed by atoms with Crippen molar-refractivity contribution in [3.05, 3.63) is 39.8 Å². The number of carbonyl (C=O) groups excluding carboxylic acids is 1. The monoisotopic (exact) mass is 259 g/mol. The van der Waals surface area contributed by atoms with Gasteiger partial charge in [0.25, 0.3) is 0 Å². The summed E-state index contributed by atoms with van der Waals surface area (Å²) in [6, 6.07) is 3.75. The maximum atomic E-state index is 13.2. The van der Waals surface area contributed by atoms with Crippen LogP contribution in [-0.4, -0.2) is 11.4 Å². The number of aldehydes is 1. The zero-order chi connectivity index (χ0) is 11.7. The fourth-order valence-corrected chi connectivity index (χ4v) is 1.66. The molecule has 0 amide bonds. The summed E-state index contributed by atoms with van der Waals surface area (Å²) in [5, 5.41) is 3.59. The Kier molecular flexibility index (Phi) is 2.94. The van der Waals surface area contributed by atoms with Gasteiger partial charge in [-0.2, -0.15) is 0 Å². The third kappa shape index (κ3) is 1.94. The Labute approximate surface area is 99.8 Å². The van der Waals surface area contributed by atoms with E-state index in [1.807, 2.05) is 0 Å². The van der Waals surface area contributed by atoms with E-state index in [1.54, 1.807) is 0 Å². The van der Waals surface area contributed by atoms with E-state index in [-0.39, 0.29) is 21.5 Å². The van der Waals surface area contributed by atoms with E-state index in [0.717, 1.165) is 6.07 Å². The van der Waals surface area contributed by atoms with Crippen LogP contribution in [-0.2, 0) is 0 Å². The molecular weight excluding hydrogens is 256 g/mol. The Morgan fingerprint density at radius 1 is 1.25 bits per heavy atom. The van der Waals surface area contributed by atoms with Gasteiger partial charge in [0.05, 0.1) is 10.0 Å². The molecule has 0 fully saturated rings. The van der Waals surface area contributed by atoms with Gasteiger partial charge in [0.2, 0.25) is 0 Å². The first-order valence-electron chi connectivity index (χ1n) is 4.18. The van der Waals surface area contributed by atoms with Crippen molar-refractivity contribution in [3.63, 3.8) is 0 Å². The van der Waals surface area contributed by atoms with E-state index in [1.165, 1.54) is 12.1 Å². The molecular formula is C10H4Cl2FNO2. The number of carbonyl (C=O) groups is 1. The molecule has 0 radical (unpaired) electrons. The SMILES string of the molecule is O=Cc1cc(-c2cc(F)c(Cl)cc2Cl)on1. The second-order valence-electron chi connectivity index (χ2n) is 2.98. The minimum atomic E-state index is -0.620. The third-order valence-electron chi connectivity index (χ3n) is 1.92. The zero-order valence-corrected chi connectivity index (χ0v) is 9.22. The summed E-state index contributed by atoms with van der Waals surface area (Å²) in [5.41, 5.74) is 0.408. The van der Waals surface area contributed by atoms with E-state index >= 15 is 0 Å². The van der Waals surface area contributed by atoms with Gasteiger partial charge in [0.15, 0.2) is 12.0 Å². The van der Waals surface area contributed by atoms with Gasteiger partial charge < -0.3 is 4.52 Å². The van der Waals surface area contributed by atoms with Gasteiger partial charge in [-0.05, 0) is 12.1 Å². The molecule has 0 unspecified atom stereocenters. The molecule has 2 aromatic rings. The van der Waals surface area contributed by atoms with Crippen LogP contribution in [0, 0.1) is 5.82 Å². The minimum Gasteiger partial charge on any atom is -0.356 e. The molecule has 0 spiro atoms. The Hall–Kier alpha value is -1.39. The molecule has 0 saturated heterocycles. The first kappa shape index (κ1) is 11.1. The summed E-state index contributed by atoms with van der Waals surface area (Å²) in [6.45, 7) is 0. The van der Waals surface area contributed by atoms with Crippen molar-refractivity contribution in [1.29, 1.82) is 0 Å². The second-order valence-corrected chi connectivity index (χ2v) is 3.79. The molecule has 0 aliphatic rings. The van der Waals surface area contributed by atoms with Gasteiger partial charge in [-0.25, -0.2) is 4.39 Å². The quantitative estimate of drug-likeness (QED) is 0.612. The van der Waals surface area contributed by atoms with Crippen molar-refractivity contribution < 1.29 is 13.7 Å². The molecule has 0 saturated carbocycles. The van der Waals surface area contributed by atoms with Crippen LogP contribution in [0.15, 0.2) is 22.7 Å². The van der Waals surface area contributed by atoms with E-state index in [0.29, 0.717) is 11.8 Å².